The summed E-state index contributed by atoms with van der Waals surface area (Å²) >= 11 is 0. The monoisotopic (exact) mass is 1020 g/mol. The van der Waals surface area contributed by atoms with Gasteiger partial charge >= 0.3 is 0 Å². The number of fused-ring (bicyclic) bond motifs is 4. The largest absolute Gasteiger partial charge is 0.493 e. The van der Waals surface area contributed by atoms with Crippen molar-refractivity contribution in [3.8, 4) is 5.82 Å². The summed E-state index contributed by atoms with van der Waals surface area (Å²) in [4.78, 5) is 11.8. The van der Waals surface area contributed by atoms with Gasteiger partial charge in [-0.3, -0.25) is 0 Å². The number of hydrogen-bond acceptors (Lipinski definition) is 4. The second-order valence-corrected chi connectivity index (χ2v) is 20.9. The molecule has 9 rings (SSSR count). The van der Waals surface area contributed by atoms with Crippen molar-refractivity contribution in [1.29, 1.82) is 0 Å². The molecule has 2 aromatic heterocycles. The fourth-order valence-corrected chi connectivity index (χ4v) is 8.82. The Morgan fingerprint density at radius 2 is 1.14 bits per heavy atom. The SMILES string of the molecule is CN(c1[c-]c(N2[CH-]N(c3cc(C(C)(C)C)cc(C(C)(C)C)c3)c3ccccc32)ccc1)c1[c-]c2c(cc1)c1cc(C(C)(C)c3ccccc3)ccc1n2-c1cc(C(C)(C)C)ccn1.[Pt]. The minimum Gasteiger partial charge on any atom is -0.493 e. The summed E-state index contributed by atoms with van der Waals surface area (Å²) in [5, 5.41) is 2.32. The Balaban J connectivity index is 0.00000560. The molecule has 1 aliphatic rings. The van der Waals surface area contributed by atoms with E-state index in [2.05, 4.69) is 255 Å². The first kappa shape index (κ1) is 44.9. The zero-order chi connectivity index (χ0) is 44.6. The predicted molar refractivity (Wildman–Crippen MR) is 267 cm³/mol. The molecule has 0 radical (unpaired) electrons. The Kier molecular flexibility index (Phi) is 11.5. The number of nitrogens with zero attached hydrogens (tertiary/aromatic N) is 5. The molecule has 6 heteroatoms. The van der Waals surface area contributed by atoms with Crippen LogP contribution in [0.1, 0.15) is 104 Å². The summed E-state index contributed by atoms with van der Waals surface area (Å²) in [7, 11) is 2.11. The minimum atomic E-state index is -0.185. The molecule has 0 saturated carbocycles. The summed E-state index contributed by atoms with van der Waals surface area (Å²) in [5.41, 5.74) is 14.6. The van der Waals surface area contributed by atoms with Crippen LogP contribution in [-0.2, 0) is 42.7 Å². The van der Waals surface area contributed by atoms with Crippen molar-refractivity contribution in [2.45, 2.75) is 97.8 Å². The van der Waals surface area contributed by atoms with Gasteiger partial charge in [-0.25, -0.2) is 4.98 Å². The van der Waals surface area contributed by atoms with Gasteiger partial charge in [0, 0.05) is 62.3 Å². The third-order valence-corrected chi connectivity index (χ3v) is 13.0. The Morgan fingerprint density at radius 3 is 1.80 bits per heavy atom. The van der Waals surface area contributed by atoms with Gasteiger partial charge in [0.2, 0.25) is 0 Å². The number of benzene rings is 6. The predicted octanol–water partition coefficient (Wildman–Crippen LogP) is 15.2. The maximum Gasteiger partial charge on any atom is 0.135 e. The van der Waals surface area contributed by atoms with E-state index < -0.39 is 0 Å². The van der Waals surface area contributed by atoms with Crippen molar-refractivity contribution in [3.63, 3.8) is 0 Å². The van der Waals surface area contributed by atoms with Gasteiger partial charge in [-0.15, -0.1) is 48.1 Å². The fraction of sp³-hybridized carbons (Fsp3) is 0.276. The molecule has 0 N–H and O–H groups in total. The van der Waals surface area contributed by atoms with Crippen molar-refractivity contribution in [2.75, 3.05) is 21.7 Å². The molecule has 3 heterocycles. The van der Waals surface area contributed by atoms with Gasteiger partial charge in [0.05, 0.1) is 0 Å². The zero-order valence-electron chi connectivity index (χ0n) is 39.4. The van der Waals surface area contributed by atoms with Crippen LogP contribution in [0.2, 0.25) is 0 Å². The molecule has 0 spiro atoms. The van der Waals surface area contributed by atoms with Crippen LogP contribution in [0.15, 0.2) is 140 Å². The van der Waals surface area contributed by atoms with E-state index >= 15 is 0 Å². The summed E-state index contributed by atoms with van der Waals surface area (Å²) in [5.74, 6) is 0.887. The van der Waals surface area contributed by atoms with E-state index in [4.69, 9.17) is 4.98 Å². The van der Waals surface area contributed by atoms with Gasteiger partial charge in [0.1, 0.15) is 5.82 Å². The molecule has 64 heavy (non-hydrogen) atoms. The van der Waals surface area contributed by atoms with Gasteiger partial charge in [-0.2, -0.15) is 12.1 Å². The third kappa shape index (κ3) is 8.17. The van der Waals surface area contributed by atoms with Crippen molar-refractivity contribution < 1.29 is 21.1 Å². The number of rotatable bonds is 7. The number of anilines is 6. The molecule has 0 atom stereocenters. The van der Waals surface area contributed by atoms with Crippen LogP contribution in [0.25, 0.3) is 27.6 Å². The van der Waals surface area contributed by atoms with E-state index in [1.165, 1.54) is 33.2 Å². The molecule has 0 amide bonds. The first-order valence-corrected chi connectivity index (χ1v) is 22.3. The molecule has 0 fully saturated rings. The maximum atomic E-state index is 4.99. The molecular formula is C58H60N5Pt-3. The molecule has 5 nitrogen and oxygen atoms in total. The maximum absolute atomic E-state index is 4.99. The van der Waals surface area contributed by atoms with E-state index in [0.717, 1.165) is 56.4 Å². The van der Waals surface area contributed by atoms with Gasteiger partial charge in [-0.05, 0) is 91.9 Å². The first-order chi connectivity index (χ1) is 29.8. The number of para-hydroxylation sites is 2. The Morgan fingerprint density at radius 1 is 0.516 bits per heavy atom. The summed E-state index contributed by atoms with van der Waals surface area (Å²) in [6, 6.07) is 56.4. The number of pyridine rings is 1. The topological polar surface area (TPSA) is 27.5 Å². The minimum absolute atomic E-state index is 0. The van der Waals surface area contributed by atoms with Crippen LogP contribution in [0.3, 0.4) is 0 Å². The van der Waals surface area contributed by atoms with Crippen LogP contribution < -0.4 is 14.7 Å². The quantitative estimate of drug-likeness (QED) is 0.149. The molecule has 0 aliphatic carbocycles. The molecule has 1 aliphatic heterocycles. The van der Waals surface area contributed by atoms with Gasteiger partial charge in [0.25, 0.3) is 0 Å². The average molecular weight is 1020 g/mol. The molecule has 330 valence electrons. The van der Waals surface area contributed by atoms with Gasteiger partial charge in [0.15, 0.2) is 0 Å². The van der Waals surface area contributed by atoms with Crippen LogP contribution in [-0.4, -0.2) is 16.6 Å². The molecule has 0 bridgehead atoms. The zero-order valence-corrected chi connectivity index (χ0v) is 41.7. The smallest absolute Gasteiger partial charge is 0.135 e. The van der Waals surface area contributed by atoms with Crippen molar-refractivity contribution in [1.82, 2.24) is 9.55 Å². The Hall–Kier alpha value is -5.64. The number of aromatic nitrogens is 2. The molecule has 0 saturated heterocycles. The van der Waals surface area contributed by atoms with Crippen LogP contribution >= 0.6 is 0 Å². The van der Waals surface area contributed by atoms with E-state index in [-0.39, 0.29) is 42.7 Å². The second kappa shape index (κ2) is 16.4. The Bertz CT molecular complexity index is 2960. The van der Waals surface area contributed by atoms with Crippen LogP contribution in [0, 0.1) is 18.8 Å². The van der Waals surface area contributed by atoms with Crippen molar-refractivity contribution in [2.24, 2.45) is 0 Å². The first-order valence-electron chi connectivity index (χ1n) is 22.3. The fourth-order valence-electron chi connectivity index (χ4n) is 8.82. The second-order valence-electron chi connectivity index (χ2n) is 20.9. The molecular weight excluding hydrogens is 962 g/mol. The molecule has 8 aromatic rings. The van der Waals surface area contributed by atoms with Crippen LogP contribution in [0.4, 0.5) is 34.1 Å². The van der Waals surface area contributed by atoms with Crippen molar-refractivity contribution >= 4 is 55.9 Å². The number of hydrogen-bond donors (Lipinski definition) is 0. The molecule has 6 aromatic carbocycles. The van der Waals surface area contributed by atoms with E-state index in [9.17, 15) is 0 Å². The third-order valence-electron chi connectivity index (χ3n) is 13.0. The molecule has 0 unspecified atom stereocenters. The summed E-state index contributed by atoms with van der Waals surface area (Å²) in [6.45, 7) is 27.4. The van der Waals surface area contributed by atoms with Crippen molar-refractivity contribution in [3.05, 3.63) is 186 Å². The van der Waals surface area contributed by atoms with E-state index in [1.54, 1.807) is 0 Å². The van der Waals surface area contributed by atoms with Gasteiger partial charge < -0.3 is 19.3 Å². The normalized spacial score (nSPS) is 13.4. The average Bonchev–Trinajstić information content (AvgIpc) is 3.81. The standard InChI is InChI=1S/C58H60N5.Pt/c1-55(2,3)40-29-30-59-54(35-40)63-50-28-25-41(58(10,11)39-19-14-13-15-20-39)34-49(50)48-27-26-45(37-53(48)63)60(12)44-21-18-22-46(36-44)61-38-62(52-24-17-16-23-51(52)61)47-32-42(56(4,5)6)31-43(33-47)57(7,8)9;/h13-35,38H,1-12H3;/q-3;. The van der Waals surface area contributed by atoms with Gasteiger partial charge in [-0.1, -0.05) is 154 Å². The van der Waals surface area contributed by atoms with Crippen LogP contribution in [0.5, 0.6) is 0 Å². The summed E-state index contributed by atoms with van der Waals surface area (Å²) in [6.07, 6.45) is 1.94. The Labute approximate surface area is 396 Å². The van der Waals surface area contributed by atoms with E-state index in [0.29, 0.717) is 0 Å². The summed E-state index contributed by atoms with van der Waals surface area (Å²) < 4.78 is 2.29. The van der Waals surface area contributed by atoms with E-state index in [1.807, 2.05) is 6.20 Å².